The van der Waals surface area contributed by atoms with Crippen molar-refractivity contribution in [2.24, 2.45) is 0 Å². The zero-order valence-corrected chi connectivity index (χ0v) is 14.8. The Balaban J connectivity index is 1.56. The first-order valence-electron chi connectivity index (χ1n) is 9.01. The Hall–Kier alpha value is -1.81. The molecule has 24 heavy (non-hydrogen) atoms. The molecule has 0 aliphatic carbocycles. The molecular weight excluding hydrogens is 300 g/mol. The first-order valence-corrected chi connectivity index (χ1v) is 9.01. The molecule has 1 aromatic rings. The summed E-state index contributed by atoms with van der Waals surface area (Å²) in [5, 5.41) is 0. The molecule has 2 heterocycles. The van der Waals surface area contributed by atoms with Gasteiger partial charge < -0.3 is 9.64 Å². The van der Waals surface area contributed by atoms with E-state index in [0.717, 1.165) is 51.0 Å². The van der Waals surface area contributed by atoms with Gasteiger partial charge in [0.05, 0.1) is 18.4 Å². The summed E-state index contributed by atoms with van der Waals surface area (Å²) in [7, 11) is 1.95. The molecule has 0 saturated carbocycles. The fraction of sp³-hybridized carbons (Fsp3) is 0.550. The minimum Gasteiger partial charge on any atom is -0.501 e. The molecule has 3 rings (SSSR count). The van der Waals surface area contributed by atoms with Gasteiger partial charge in [0.15, 0.2) is 0 Å². The van der Waals surface area contributed by atoms with Crippen LogP contribution in [0.5, 0.6) is 0 Å². The van der Waals surface area contributed by atoms with Crippen LogP contribution >= 0.6 is 0 Å². The fourth-order valence-electron chi connectivity index (χ4n) is 3.71. The van der Waals surface area contributed by atoms with Crippen molar-refractivity contribution >= 4 is 5.91 Å². The van der Waals surface area contributed by atoms with Crippen molar-refractivity contribution in [3.63, 3.8) is 0 Å². The molecule has 4 nitrogen and oxygen atoms in total. The predicted molar refractivity (Wildman–Crippen MR) is 95.4 cm³/mol. The summed E-state index contributed by atoms with van der Waals surface area (Å²) < 4.78 is 5.33. The number of rotatable bonds is 4. The third kappa shape index (κ3) is 3.99. The third-order valence-corrected chi connectivity index (χ3v) is 5.29. The molecule has 0 unspecified atom stereocenters. The lowest BCUT2D eigenvalue weighted by atomic mass is 9.95. The first kappa shape index (κ1) is 17.0. The predicted octanol–water partition coefficient (Wildman–Crippen LogP) is 3.19. The molecule has 0 spiro atoms. The molecule has 130 valence electrons. The van der Waals surface area contributed by atoms with Gasteiger partial charge in [0, 0.05) is 32.2 Å². The number of piperidine rings is 1. The van der Waals surface area contributed by atoms with Crippen LogP contribution in [-0.4, -0.2) is 48.0 Å². The minimum absolute atomic E-state index is 0.142. The van der Waals surface area contributed by atoms with Crippen LogP contribution in [0.15, 0.2) is 42.2 Å². The largest absolute Gasteiger partial charge is 0.501 e. The van der Waals surface area contributed by atoms with E-state index in [9.17, 15) is 4.79 Å². The van der Waals surface area contributed by atoms with E-state index in [1.54, 1.807) is 6.26 Å². The second-order valence-electron chi connectivity index (χ2n) is 7.02. The lowest BCUT2D eigenvalue weighted by molar-refractivity contribution is -0.129. The van der Waals surface area contributed by atoms with Gasteiger partial charge in [-0.3, -0.25) is 9.69 Å². The molecule has 2 atom stereocenters. The van der Waals surface area contributed by atoms with Crippen molar-refractivity contribution in [3.8, 4) is 0 Å². The SMILES string of the molecule is C[C@@H]1C[C@H](N(C)C(=O)C2=COCCC2)CCN1Cc1ccccc1. The number of likely N-dealkylation sites (N-methyl/N-ethyl adjacent to an activating group) is 1. The summed E-state index contributed by atoms with van der Waals surface area (Å²) in [6.07, 6.45) is 5.51. The van der Waals surface area contributed by atoms with E-state index >= 15 is 0 Å². The number of carbonyl (C=O) groups is 1. The highest BCUT2D eigenvalue weighted by atomic mass is 16.5. The van der Waals surface area contributed by atoms with Crippen LogP contribution in [0.2, 0.25) is 0 Å². The van der Waals surface area contributed by atoms with Gasteiger partial charge in [0.2, 0.25) is 0 Å². The molecule has 1 aromatic carbocycles. The maximum Gasteiger partial charge on any atom is 0.252 e. The summed E-state index contributed by atoms with van der Waals surface area (Å²) in [6.45, 7) is 5.03. The van der Waals surface area contributed by atoms with Crippen molar-refractivity contribution in [2.45, 2.75) is 51.2 Å². The van der Waals surface area contributed by atoms with E-state index in [4.69, 9.17) is 4.74 Å². The normalized spacial score (nSPS) is 24.8. The van der Waals surface area contributed by atoms with E-state index in [1.807, 2.05) is 11.9 Å². The van der Waals surface area contributed by atoms with Gasteiger partial charge in [0.1, 0.15) is 0 Å². The minimum atomic E-state index is 0.142. The van der Waals surface area contributed by atoms with Crippen LogP contribution in [-0.2, 0) is 16.1 Å². The summed E-state index contributed by atoms with van der Waals surface area (Å²) in [5.41, 5.74) is 2.18. The van der Waals surface area contributed by atoms with Crippen LogP contribution in [0.25, 0.3) is 0 Å². The Morgan fingerprint density at radius 3 is 2.79 bits per heavy atom. The number of hydrogen-bond acceptors (Lipinski definition) is 3. The molecule has 1 saturated heterocycles. The van der Waals surface area contributed by atoms with Crippen LogP contribution in [0.1, 0.15) is 38.2 Å². The van der Waals surface area contributed by atoms with Crippen LogP contribution in [0, 0.1) is 0 Å². The number of likely N-dealkylation sites (tertiary alicyclic amines) is 1. The monoisotopic (exact) mass is 328 g/mol. The van der Waals surface area contributed by atoms with Gasteiger partial charge in [0.25, 0.3) is 5.91 Å². The van der Waals surface area contributed by atoms with E-state index in [2.05, 4.69) is 42.2 Å². The number of ether oxygens (including phenoxy) is 1. The van der Waals surface area contributed by atoms with Gasteiger partial charge in [-0.15, -0.1) is 0 Å². The Morgan fingerprint density at radius 2 is 2.12 bits per heavy atom. The van der Waals surface area contributed by atoms with Crippen molar-refractivity contribution in [1.82, 2.24) is 9.80 Å². The Kier molecular flexibility index (Phi) is 5.56. The van der Waals surface area contributed by atoms with Gasteiger partial charge in [-0.05, 0) is 38.2 Å². The second-order valence-corrected chi connectivity index (χ2v) is 7.02. The van der Waals surface area contributed by atoms with Crippen LogP contribution < -0.4 is 0 Å². The highest BCUT2D eigenvalue weighted by Crippen LogP contribution is 2.25. The average molecular weight is 328 g/mol. The first-order chi connectivity index (χ1) is 11.6. The van der Waals surface area contributed by atoms with E-state index in [-0.39, 0.29) is 5.91 Å². The van der Waals surface area contributed by atoms with E-state index in [1.165, 1.54) is 5.56 Å². The number of hydrogen-bond donors (Lipinski definition) is 0. The molecule has 2 aliphatic heterocycles. The molecular formula is C20H28N2O2. The van der Waals surface area contributed by atoms with Crippen molar-refractivity contribution in [2.75, 3.05) is 20.2 Å². The molecule has 2 aliphatic rings. The van der Waals surface area contributed by atoms with E-state index < -0.39 is 0 Å². The fourth-order valence-corrected chi connectivity index (χ4v) is 3.71. The van der Waals surface area contributed by atoms with Crippen LogP contribution in [0.4, 0.5) is 0 Å². The molecule has 0 radical (unpaired) electrons. The smallest absolute Gasteiger partial charge is 0.252 e. The van der Waals surface area contributed by atoms with Crippen molar-refractivity contribution < 1.29 is 9.53 Å². The van der Waals surface area contributed by atoms with Gasteiger partial charge >= 0.3 is 0 Å². The Morgan fingerprint density at radius 1 is 1.33 bits per heavy atom. The van der Waals surface area contributed by atoms with Crippen molar-refractivity contribution in [1.29, 1.82) is 0 Å². The molecule has 0 N–H and O–H groups in total. The van der Waals surface area contributed by atoms with Crippen LogP contribution in [0.3, 0.4) is 0 Å². The molecule has 1 fully saturated rings. The van der Waals surface area contributed by atoms with E-state index in [0.29, 0.717) is 12.1 Å². The lowest BCUT2D eigenvalue weighted by Gasteiger charge is -2.41. The summed E-state index contributed by atoms with van der Waals surface area (Å²) in [4.78, 5) is 17.1. The highest BCUT2D eigenvalue weighted by Gasteiger charge is 2.31. The van der Waals surface area contributed by atoms with Gasteiger partial charge in [-0.2, -0.15) is 0 Å². The molecule has 1 amide bonds. The summed E-state index contributed by atoms with van der Waals surface area (Å²) in [6, 6.07) is 11.4. The Labute approximate surface area is 145 Å². The molecule has 4 heteroatoms. The maximum atomic E-state index is 12.6. The molecule has 0 aromatic heterocycles. The number of carbonyl (C=O) groups excluding carboxylic acids is 1. The average Bonchev–Trinajstić information content (AvgIpc) is 2.64. The third-order valence-electron chi connectivity index (χ3n) is 5.29. The standard InChI is InChI=1S/C20H28N2O2/c1-16-13-19(21(2)20(23)18-9-6-12-24-15-18)10-11-22(16)14-17-7-4-3-5-8-17/h3-5,7-8,15-16,19H,6,9-14H2,1-2H3/t16-,19-/m1/s1. The zero-order chi connectivity index (χ0) is 16.9. The maximum absolute atomic E-state index is 12.6. The quantitative estimate of drug-likeness (QED) is 0.851. The highest BCUT2D eigenvalue weighted by molar-refractivity contribution is 5.93. The molecule has 0 bridgehead atoms. The van der Waals surface area contributed by atoms with Gasteiger partial charge in [-0.1, -0.05) is 30.3 Å². The summed E-state index contributed by atoms with van der Waals surface area (Å²) in [5.74, 6) is 0.142. The number of nitrogens with zero attached hydrogens (tertiary/aromatic N) is 2. The van der Waals surface area contributed by atoms with Gasteiger partial charge in [-0.25, -0.2) is 0 Å². The lowest BCUT2D eigenvalue weighted by Crippen LogP contribution is -2.49. The Bertz CT molecular complexity index is 585. The topological polar surface area (TPSA) is 32.8 Å². The number of amides is 1. The number of benzene rings is 1. The second kappa shape index (κ2) is 7.84. The zero-order valence-electron chi connectivity index (χ0n) is 14.8. The van der Waals surface area contributed by atoms with Crippen molar-refractivity contribution in [3.05, 3.63) is 47.7 Å². The summed E-state index contributed by atoms with van der Waals surface area (Å²) >= 11 is 0.